The third kappa shape index (κ3) is 2.70. The van der Waals surface area contributed by atoms with Crippen LogP contribution < -0.4 is 4.74 Å². The van der Waals surface area contributed by atoms with E-state index in [1.165, 1.54) is 5.56 Å². The van der Waals surface area contributed by atoms with Gasteiger partial charge in [-0.1, -0.05) is 28.1 Å². The van der Waals surface area contributed by atoms with Crippen LogP contribution in [0, 0.1) is 0 Å². The zero-order chi connectivity index (χ0) is 8.97. The first-order chi connectivity index (χ1) is 5.72. The summed E-state index contributed by atoms with van der Waals surface area (Å²) in [7, 11) is 1.67. The van der Waals surface area contributed by atoms with Gasteiger partial charge < -0.3 is 4.74 Å². The monoisotopic (exact) mass is 226 g/mol. The topological polar surface area (TPSA) is 9.23 Å². The van der Waals surface area contributed by atoms with Gasteiger partial charge in [0.1, 0.15) is 5.75 Å². The maximum Gasteiger partial charge on any atom is 0.118 e. The Morgan fingerprint density at radius 3 is 2.33 bits per heavy atom. The van der Waals surface area contributed by atoms with Crippen molar-refractivity contribution in [2.45, 2.75) is 6.92 Å². The van der Waals surface area contributed by atoms with E-state index in [0.717, 1.165) is 10.2 Å². The second kappa shape index (κ2) is 4.31. The number of ether oxygens (including phenoxy) is 1. The van der Waals surface area contributed by atoms with Gasteiger partial charge in [-0.25, -0.2) is 0 Å². The standard InChI is InChI=1S/C10H11BrO/c1-8(11)7-9-3-5-10(12-2)6-4-9/h3-7H,1-2H3. The van der Waals surface area contributed by atoms with Crippen LogP contribution in [0.5, 0.6) is 5.75 Å². The van der Waals surface area contributed by atoms with Crippen LogP contribution in [0.15, 0.2) is 28.7 Å². The molecule has 0 atom stereocenters. The van der Waals surface area contributed by atoms with E-state index in [-0.39, 0.29) is 0 Å². The van der Waals surface area contributed by atoms with Gasteiger partial charge in [0.05, 0.1) is 7.11 Å². The summed E-state index contributed by atoms with van der Waals surface area (Å²) in [5.41, 5.74) is 1.17. The van der Waals surface area contributed by atoms with Crippen LogP contribution in [0.3, 0.4) is 0 Å². The number of hydrogen-bond donors (Lipinski definition) is 0. The third-order valence-electron chi connectivity index (χ3n) is 1.48. The van der Waals surface area contributed by atoms with Gasteiger partial charge >= 0.3 is 0 Å². The van der Waals surface area contributed by atoms with Crippen molar-refractivity contribution in [1.82, 2.24) is 0 Å². The zero-order valence-electron chi connectivity index (χ0n) is 7.17. The first-order valence-corrected chi connectivity index (χ1v) is 4.49. The minimum atomic E-state index is 0.888. The van der Waals surface area contributed by atoms with E-state index in [4.69, 9.17) is 4.74 Å². The lowest BCUT2D eigenvalue weighted by Crippen LogP contribution is -1.81. The highest BCUT2D eigenvalue weighted by atomic mass is 79.9. The Morgan fingerprint density at radius 2 is 1.92 bits per heavy atom. The number of rotatable bonds is 2. The molecule has 0 aliphatic heterocycles. The van der Waals surface area contributed by atoms with Crippen molar-refractivity contribution in [2.75, 3.05) is 7.11 Å². The molecule has 1 aromatic rings. The molecular weight excluding hydrogens is 216 g/mol. The molecule has 0 bridgehead atoms. The highest BCUT2D eigenvalue weighted by Crippen LogP contribution is 2.15. The molecule has 0 heterocycles. The molecule has 64 valence electrons. The Bertz CT molecular complexity index is 270. The first kappa shape index (κ1) is 9.33. The molecule has 0 unspecified atom stereocenters. The average molecular weight is 227 g/mol. The van der Waals surface area contributed by atoms with Crippen LogP contribution in [0.4, 0.5) is 0 Å². The lowest BCUT2D eigenvalue weighted by atomic mass is 10.2. The van der Waals surface area contributed by atoms with Gasteiger partial charge in [-0.15, -0.1) is 0 Å². The highest BCUT2D eigenvalue weighted by molar-refractivity contribution is 9.11. The van der Waals surface area contributed by atoms with Crippen LogP contribution >= 0.6 is 15.9 Å². The fraction of sp³-hybridized carbons (Fsp3) is 0.200. The van der Waals surface area contributed by atoms with Crippen molar-refractivity contribution in [3.8, 4) is 5.75 Å². The second-order valence-corrected chi connectivity index (χ2v) is 3.76. The van der Waals surface area contributed by atoms with Crippen LogP contribution in [-0.4, -0.2) is 7.11 Å². The maximum atomic E-state index is 5.04. The lowest BCUT2D eigenvalue weighted by molar-refractivity contribution is 0.415. The van der Waals surface area contributed by atoms with Gasteiger partial charge in [0.25, 0.3) is 0 Å². The first-order valence-electron chi connectivity index (χ1n) is 3.70. The predicted octanol–water partition coefficient (Wildman–Crippen LogP) is 3.45. The van der Waals surface area contributed by atoms with Crippen molar-refractivity contribution in [3.63, 3.8) is 0 Å². The molecule has 0 fully saturated rings. The van der Waals surface area contributed by atoms with Crippen molar-refractivity contribution in [2.24, 2.45) is 0 Å². The lowest BCUT2D eigenvalue weighted by Gasteiger charge is -1.98. The molecule has 0 amide bonds. The van der Waals surface area contributed by atoms with Gasteiger partial charge in [-0.05, 0) is 35.2 Å². The summed E-state index contributed by atoms with van der Waals surface area (Å²) in [5, 5.41) is 0. The van der Waals surface area contributed by atoms with E-state index in [2.05, 4.69) is 22.0 Å². The van der Waals surface area contributed by atoms with Crippen molar-refractivity contribution >= 4 is 22.0 Å². The SMILES string of the molecule is COc1ccc(C=C(C)Br)cc1. The molecule has 12 heavy (non-hydrogen) atoms. The van der Waals surface area contributed by atoms with Crippen molar-refractivity contribution in [1.29, 1.82) is 0 Å². The molecule has 0 aliphatic rings. The Morgan fingerprint density at radius 1 is 1.33 bits per heavy atom. The van der Waals surface area contributed by atoms with Crippen LogP contribution in [0.25, 0.3) is 6.08 Å². The summed E-state index contributed by atoms with van der Waals surface area (Å²) in [6.45, 7) is 2.00. The normalized spacial score (nSPS) is 11.4. The number of benzene rings is 1. The van der Waals surface area contributed by atoms with Gasteiger partial charge in [0.2, 0.25) is 0 Å². The van der Waals surface area contributed by atoms with Crippen LogP contribution in [0.1, 0.15) is 12.5 Å². The average Bonchev–Trinajstić information content (AvgIpc) is 2.05. The van der Waals surface area contributed by atoms with E-state index in [1.807, 2.05) is 31.2 Å². The molecule has 1 rings (SSSR count). The Kier molecular flexibility index (Phi) is 3.35. The van der Waals surface area contributed by atoms with Crippen LogP contribution in [-0.2, 0) is 0 Å². The Labute approximate surface area is 81.2 Å². The van der Waals surface area contributed by atoms with Crippen molar-refractivity contribution < 1.29 is 4.74 Å². The summed E-state index contributed by atoms with van der Waals surface area (Å²) >= 11 is 3.38. The van der Waals surface area contributed by atoms with E-state index < -0.39 is 0 Å². The van der Waals surface area contributed by atoms with E-state index in [0.29, 0.717) is 0 Å². The predicted molar refractivity (Wildman–Crippen MR) is 55.6 cm³/mol. The summed E-state index contributed by atoms with van der Waals surface area (Å²) in [5.74, 6) is 0.888. The molecule has 0 aliphatic carbocycles. The third-order valence-corrected chi connectivity index (χ3v) is 1.71. The molecule has 0 radical (unpaired) electrons. The van der Waals surface area contributed by atoms with E-state index in [9.17, 15) is 0 Å². The zero-order valence-corrected chi connectivity index (χ0v) is 8.76. The Balaban J connectivity index is 2.85. The van der Waals surface area contributed by atoms with Gasteiger partial charge in [0.15, 0.2) is 0 Å². The van der Waals surface area contributed by atoms with E-state index in [1.54, 1.807) is 7.11 Å². The smallest absolute Gasteiger partial charge is 0.118 e. The summed E-state index contributed by atoms with van der Waals surface area (Å²) in [6.07, 6.45) is 2.06. The fourth-order valence-electron chi connectivity index (χ4n) is 0.930. The van der Waals surface area contributed by atoms with Gasteiger partial charge in [-0.3, -0.25) is 0 Å². The highest BCUT2D eigenvalue weighted by Gasteiger charge is 1.90. The minimum Gasteiger partial charge on any atom is -0.497 e. The molecule has 0 saturated heterocycles. The quantitative estimate of drug-likeness (QED) is 0.751. The number of hydrogen-bond acceptors (Lipinski definition) is 1. The number of halogens is 1. The fourth-order valence-corrected chi connectivity index (χ4v) is 1.19. The molecule has 2 heteroatoms. The number of methoxy groups -OCH3 is 1. The molecule has 0 saturated carbocycles. The summed E-state index contributed by atoms with van der Waals surface area (Å²) in [6, 6.07) is 7.93. The second-order valence-electron chi connectivity index (χ2n) is 2.50. The molecular formula is C10H11BrO. The molecule has 1 nitrogen and oxygen atoms in total. The van der Waals surface area contributed by atoms with Crippen molar-refractivity contribution in [3.05, 3.63) is 34.3 Å². The summed E-state index contributed by atoms with van der Waals surface area (Å²) < 4.78 is 6.16. The minimum absolute atomic E-state index is 0.888. The maximum absolute atomic E-state index is 5.04. The number of allylic oxidation sites excluding steroid dienone is 1. The largest absolute Gasteiger partial charge is 0.497 e. The van der Waals surface area contributed by atoms with Gasteiger partial charge in [0, 0.05) is 0 Å². The van der Waals surface area contributed by atoms with Gasteiger partial charge in [-0.2, -0.15) is 0 Å². The molecule has 0 N–H and O–H groups in total. The van der Waals surface area contributed by atoms with E-state index >= 15 is 0 Å². The molecule has 0 spiro atoms. The van der Waals surface area contributed by atoms with Crippen LogP contribution in [0.2, 0.25) is 0 Å². The molecule has 1 aromatic carbocycles. The Hall–Kier alpha value is -0.760. The molecule has 0 aromatic heterocycles. The summed E-state index contributed by atoms with van der Waals surface area (Å²) in [4.78, 5) is 0.